The lowest BCUT2D eigenvalue weighted by Gasteiger charge is -2.44. The lowest BCUT2D eigenvalue weighted by molar-refractivity contribution is -0.161. The van der Waals surface area contributed by atoms with Crippen LogP contribution in [0, 0.1) is 5.92 Å². The number of aliphatic carboxylic acids is 1. The Bertz CT molecular complexity index is 561. The number of rotatable bonds is 4. The van der Waals surface area contributed by atoms with Crippen LogP contribution in [0.3, 0.4) is 0 Å². The van der Waals surface area contributed by atoms with Gasteiger partial charge in [0.05, 0.1) is 18.1 Å². The Kier molecular flexibility index (Phi) is 3.39. The van der Waals surface area contributed by atoms with Crippen molar-refractivity contribution in [3.05, 3.63) is 22.9 Å². The minimum atomic E-state index is -1.22. The molecule has 0 saturated carbocycles. The van der Waals surface area contributed by atoms with Crippen LogP contribution in [0.1, 0.15) is 20.3 Å². The Hall–Kier alpha value is -2.15. The Morgan fingerprint density at radius 1 is 1.50 bits per heavy atom. The molecule has 0 aromatic heterocycles. The van der Waals surface area contributed by atoms with Gasteiger partial charge in [-0.2, -0.15) is 0 Å². The third-order valence-corrected chi connectivity index (χ3v) is 3.77. The molecule has 7 nitrogen and oxygen atoms in total. The van der Waals surface area contributed by atoms with Crippen molar-refractivity contribution >= 4 is 17.8 Å². The molecule has 2 aliphatic rings. The van der Waals surface area contributed by atoms with Gasteiger partial charge in [-0.1, -0.05) is 0 Å². The highest BCUT2D eigenvalue weighted by Crippen LogP contribution is 2.45. The van der Waals surface area contributed by atoms with Crippen molar-refractivity contribution in [1.82, 2.24) is 4.90 Å². The van der Waals surface area contributed by atoms with Gasteiger partial charge in [0.1, 0.15) is 5.70 Å². The van der Waals surface area contributed by atoms with E-state index in [0.717, 1.165) is 6.08 Å². The molecule has 0 bridgehead atoms. The molecule has 1 saturated heterocycles. The van der Waals surface area contributed by atoms with Crippen molar-refractivity contribution in [3.63, 3.8) is 0 Å². The molecule has 4 N–H and O–H groups in total. The van der Waals surface area contributed by atoms with Crippen molar-refractivity contribution in [2.75, 3.05) is 0 Å². The first kappa shape index (κ1) is 14.3. The number of nitrogens with zero attached hydrogens (tertiary/aromatic N) is 1. The summed E-state index contributed by atoms with van der Waals surface area (Å²) in [6.45, 7) is 3.08. The average Bonchev–Trinajstić information content (AvgIpc) is 2.62. The number of aliphatic hydroxyl groups is 1. The summed E-state index contributed by atoms with van der Waals surface area (Å²) in [4.78, 5) is 35.4. The maximum atomic E-state index is 11.9. The van der Waals surface area contributed by atoms with Gasteiger partial charge < -0.3 is 20.8 Å². The number of carboxylic acids is 1. The minimum Gasteiger partial charge on any atom is -0.477 e. The van der Waals surface area contributed by atoms with E-state index in [1.165, 1.54) is 11.8 Å². The number of carbonyl (C=O) groups excluding carboxylic acids is 2. The van der Waals surface area contributed by atoms with Crippen LogP contribution in [-0.2, 0) is 14.4 Å². The van der Waals surface area contributed by atoms with Crippen LogP contribution in [0.2, 0.25) is 0 Å². The van der Waals surface area contributed by atoms with E-state index in [2.05, 4.69) is 0 Å². The summed E-state index contributed by atoms with van der Waals surface area (Å²) in [5.41, 5.74) is 5.79. The number of allylic oxidation sites excluding steroid dienone is 1. The maximum absolute atomic E-state index is 11.9. The Balaban J connectivity index is 2.40. The summed E-state index contributed by atoms with van der Waals surface area (Å²) in [7, 11) is 0. The zero-order valence-electron chi connectivity index (χ0n) is 11.2. The molecule has 0 radical (unpaired) electrons. The van der Waals surface area contributed by atoms with Gasteiger partial charge in [-0.25, -0.2) is 4.79 Å². The smallest absolute Gasteiger partial charge is 0.352 e. The zero-order chi connectivity index (χ0) is 15.2. The molecule has 2 rings (SSSR count). The molecule has 2 aliphatic heterocycles. The third kappa shape index (κ3) is 2.00. The van der Waals surface area contributed by atoms with E-state index < -0.39 is 29.8 Å². The Morgan fingerprint density at radius 2 is 2.10 bits per heavy atom. The molecule has 2 amide bonds. The van der Waals surface area contributed by atoms with Gasteiger partial charge in [-0.15, -0.1) is 0 Å². The van der Waals surface area contributed by atoms with E-state index in [1.54, 1.807) is 6.92 Å². The molecular formula is C13H16N2O5. The van der Waals surface area contributed by atoms with Gasteiger partial charge in [0.2, 0.25) is 11.8 Å². The predicted molar refractivity (Wildman–Crippen MR) is 68.0 cm³/mol. The fourth-order valence-electron chi connectivity index (χ4n) is 2.92. The van der Waals surface area contributed by atoms with Crippen LogP contribution >= 0.6 is 0 Å². The van der Waals surface area contributed by atoms with Gasteiger partial charge in [0.15, 0.2) is 0 Å². The lowest BCUT2D eigenvalue weighted by atomic mass is 9.82. The summed E-state index contributed by atoms with van der Waals surface area (Å²) in [5.74, 6) is -2.89. The van der Waals surface area contributed by atoms with Gasteiger partial charge in [-0.05, 0) is 31.4 Å². The zero-order valence-corrected chi connectivity index (χ0v) is 11.2. The van der Waals surface area contributed by atoms with Gasteiger partial charge in [0, 0.05) is 6.08 Å². The number of carboxylic acid groups (broad SMARTS) is 1. The highest BCUT2D eigenvalue weighted by Gasteiger charge is 2.56. The number of fused-ring (bicyclic) bond motifs is 1. The lowest BCUT2D eigenvalue weighted by Crippen LogP contribution is -2.61. The second-order valence-corrected chi connectivity index (χ2v) is 5.11. The Morgan fingerprint density at radius 3 is 2.55 bits per heavy atom. The fourth-order valence-corrected chi connectivity index (χ4v) is 2.92. The van der Waals surface area contributed by atoms with E-state index in [-0.39, 0.29) is 11.7 Å². The number of aliphatic hydroxyl groups excluding tert-OH is 1. The SMILES string of the molecule is C/C(=C\C(N)=O)C1=C(C(=O)O)N2C(=O)[C@H]([C@@H](C)O)[C@H]2C1. The van der Waals surface area contributed by atoms with E-state index in [1.807, 2.05) is 0 Å². The summed E-state index contributed by atoms with van der Waals surface area (Å²) in [6.07, 6.45) is 0.614. The molecule has 0 aliphatic carbocycles. The molecule has 0 aromatic rings. The molecule has 0 spiro atoms. The van der Waals surface area contributed by atoms with Crippen LogP contribution < -0.4 is 5.73 Å². The fraction of sp³-hybridized carbons (Fsp3) is 0.462. The van der Waals surface area contributed by atoms with Crippen LogP contribution in [0.4, 0.5) is 0 Å². The molecule has 108 valence electrons. The summed E-state index contributed by atoms with van der Waals surface area (Å²) >= 11 is 0. The average molecular weight is 280 g/mol. The number of hydrogen-bond acceptors (Lipinski definition) is 4. The third-order valence-electron chi connectivity index (χ3n) is 3.77. The minimum absolute atomic E-state index is 0.119. The number of amides is 2. The van der Waals surface area contributed by atoms with Crippen molar-refractivity contribution in [2.45, 2.75) is 32.4 Å². The monoisotopic (exact) mass is 280 g/mol. The molecule has 1 fully saturated rings. The number of nitrogens with two attached hydrogens (primary N) is 1. The van der Waals surface area contributed by atoms with Crippen LogP contribution in [0.25, 0.3) is 0 Å². The first-order chi connectivity index (χ1) is 9.25. The number of hydrogen-bond donors (Lipinski definition) is 3. The largest absolute Gasteiger partial charge is 0.477 e. The highest BCUT2D eigenvalue weighted by molar-refractivity contribution is 6.00. The normalized spacial score (nSPS) is 27.2. The molecular weight excluding hydrogens is 264 g/mol. The maximum Gasteiger partial charge on any atom is 0.352 e. The predicted octanol–water partition coefficient (Wildman–Crippen LogP) is -0.632. The van der Waals surface area contributed by atoms with Crippen molar-refractivity contribution < 1.29 is 24.6 Å². The molecule has 0 aromatic carbocycles. The van der Waals surface area contributed by atoms with E-state index in [4.69, 9.17) is 5.73 Å². The first-order valence-corrected chi connectivity index (χ1v) is 6.21. The quantitative estimate of drug-likeness (QED) is 0.467. The van der Waals surface area contributed by atoms with Gasteiger partial charge >= 0.3 is 5.97 Å². The molecule has 3 atom stereocenters. The molecule has 0 unspecified atom stereocenters. The highest BCUT2D eigenvalue weighted by atomic mass is 16.4. The topological polar surface area (TPSA) is 121 Å². The van der Waals surface area contributed by atoms with Crippen LogP contribution in [-0.4, -0.2) is 45.0 Å². The van der Waals surface area contributed by atoms with E-state index >= 15 is 0 Å². The number of primary amides is 1. The summed E-state index contributed by atoms with van der Waals surface area (Å²) < 4.78 is 0. The second-order valence-electron chi connectivity index (χ2n) is 5.11. The molecule has 20 heavy (non-hydrogen) atoms. The van der Waals surface area contributed by atoms with Gasteiger partial charge in [0.25, 0.3) is 0 Å². The first-order valence-electron chi connectivity index (χ1n) is 6.21. The van der Waals surface area contributed by atoms with Crippen molar-refractivity contribution in [3.8, 4) is 0 Å². The van der Waals surface area contributed by atoms with Gasteiger partial charge in [-0.3, -0.25) is 9.59 Å². The summed E-state index contributed by atoms with van der Waals surface area (Å²) in [5, 5.41) is 18.9. The molecule has 7 heteroatoms. The standard InChI is InChI=1S/C13H16N2O5/c1-5(3-9(14)17)7-4-8-10(6(2)16)12(18)15(8)11(7)13(19)20/h3,6,8,10,16H,4H2,1-2H3,(H2,14,17)(H,19,20)/b5-3+/t6-,8-,10-/m1/s1. The molecule has 2 heterocycles. The number of β-lactam (4-membered cyclic amide) rings is 1. The summed E-state index contributed by atoms with van der Waals surface area (Å²) in [6, 6.07) is -0.361. The second kappa shape index (κ2) is 4.75. The number of carbonyl (C=O) groups is 3. The van der Waals surface area contributed by atoms with E-state index in [9.17, 15) is 24.6 Å². The Labute approximate surface area is 115 Å². The van der Waals surface area contributed by atoms with Crippen molar-refractivity contribution in [2.24, 2.45) is 11.7 Å². The van der Waals surface area contributed by atoms with E-state index in [0.29, 0.717) is 17.6 Å². The van der Waals surface area contributed by atoms with Crippen molar-refractivity contribution in [1.29, 1.82) is 0 Å². The van der Waals surface area contributed by atoms with Crippen LogP contribution in [0.15, 0.2) is 22.9 Å². The van der Waals surface area contributed by atoms with Crippen LogP contribution in [0.5, 0.6) is 0 Å².